The lowest BCUT2D eigenvalue weighted by Gasteiger charge is -2.23. The third-order valence-corrected chi connectivity index (χ3v) is 5.85. The first-order valence-electron chi connectivity index (χ1n) is 8.73. The number of aromatic nitrogens is 3. The van der Waals surface area contributed by atoms with Gasteiger partial charge in [0.15, 0.2) is 5.69 Å². The van der Waals surface area contributed by atoms with E-state index in [0.29, 0.717) is 11.4 Å². The molecule has 3 aromatic rings. The molecule has 0 saturated heterocycles. The maximum atomic E-state index is 12.9. The van der Waals surface area contributed by atoms with E-state index < -0.39 is 0 Å². The summed E-state index contributed by atoms with van der Waals surface area (Å²) in [7, 11) is 3.42. The number of methoxy groups -OCH3 is 1. The fourth-order valence-corrected chi connectivity index (χ4v) is 4.04. The Morgan fingerprint density at radius 2 is 2.00 bits per heavy atom. The van der Waals surface area contributed by atoms with E-state index in [1.165, 1.54) is 0 Å². The van der Waals surface area contributed by atoms with E-state index in [4.69, 9.17) is 4.74 Å². The summed E-state index contributed by atoms with van der Waals surface area (Å²) in [6, 6.07) is 7.53. The predicted octanol–water partition coefficient (Wildman–Crippen LogP) is 4.10. The molecular formula is C20H24N4O2S. The van der Waals surface area contributed by atoms with Gasteiger partial charge in [-0.05, 0) is 51.5 Å². The number of thiazole rings is 1. The van der Waals surface area contributed by atoms with Crippen LogP contribution in [-0.4, -0.2) is 39.7 Å². The number of hydrogen-bond donors (Lipinski definition) is 0. The second-order valence-electron chi connectivity index (χ2n) is 6.60. The monoisotopic (exact) mass is 384 g/mol. The van der Waals surface area contributed by atoms with Crippen LogP contribution in [0.25, 0.3) is 5.69 Å². The van der Waals surface area contributed by atoms with Gasteiger partial charge < -0.3 is 9.64 Å². The van der Waals surface area contributed by atoms with Gasteiger partial charge >= 0.3 is 0 Å². The molecule has 2 heterocycles. The second kappa shape index (κ2) is 7.52. The Labute approximate surface area is 163 Å². The van der Waals surface area contributed by atoms with Crippen LogP contribution in [0.2, 0.25) is 0 Å². The van der Waals surface area contributed by atoms with Crippen molar-refractivity contribution in [2.45, 2.75) is 33.7 Å². The van der Waals surface area contributed by atoms with Crippen molar-refractivity contribution in [2.75, 3.05) is 14.2 Å². The summed E-state index contributed by atoms with van der Waals surface area (Å²) in [5, 5.41) is 5.49. The van der Waals surface area contributed by atoms with Crippen LogP contribution in [0, 0.1) is 20.8 Å². The molecule has 27 heavy (non-hydrogen) atoms. The standard InChI is InChI=1S/C20H24N4O2S/c1-12-7-8-18(26-6)17(11-12)24-10-9-16(22-24)20(25)23(5)14(3)19-13(2)21-15(4)27-19/h7-11,14H,1-6H3. The molecule has 0 saturated carbocycles. The fourth-order valence-electron chi connectivity index (χ4n) is 3.02. The zero-order valence-corrected chi connectivity index (χ0v) is 17.3. The van der Waals surface area contributed by atoms with Gasteiger partial charge in [0.05, 0.1) is 23.9 Å². The lowest BCUT2D eigenvalue weighted by atomic mass is 10.2. The topological polar surface area (TPSA) is 60.2 Å². The number of hydrogen-bond acceptors (Lipinski definition) is 5. The van der Waals surface area contributed by atoms with Crippen molar-refractivity contribution in [3.05, 3.63) is 57.3 Å². The maximum absolute atomic E-state index is 12.9. The van der Waals surface area contributed by atoms with Crippen molar-refractivity contribution in [3.63, 3.8) is 0 Å². The van der Waals surface area contributed by atoms with Crippen molar-refractivity contribution < 1.29 is 9.53 Å². The summed E-state index contributed by atoms with van der Waals surface area (Å²) in [6.07, 6.45) is 1.78. The van der Waals surface area contributed by atoms with Crippen LogP contribution >= 0.6 is 11.3 Å². The average molecular weight is 385 g/mol. The molecule has 1 aromatic carbocycles. The average Bonchev–Trinajstić information content (AvgIpc) is 3.26. The van der Waals surface area contributed by atoms with Gasteiger partial charge in [-0.2, -0.15) is 5.10 Å². The molecule has 3 rings (SSSR count). The summed E-state index contributed by atoms with van der Waals surface area (Å²) < 4.78 is 7.10. The number of benzene rings is 1. The summed E-state index contributed by atoms with van der Waals surface area (Å²) in [4.78, 5) is 20.2. The number of carbonyl (C=O) groups excluding carboxylic acids is 1. The van der Waals surface area contributed by atoms with Crippen LogP contribution in [-0.2, 0) is 0 Å². The molecule has 7 heteroatoms. The van der Waals surface area contributed by atoms with E-state index in [1.54, 1.807) is 47.3 Å². The van der Waals surface area contributed by atoms with Crippen molar-refractivity contribution in [2.24, 2.45) is 0 Å². The summed E-state index contributed by atoms with van der Waals surface area (Å²) >= 11 is 1.62. The highest BCUT2D eigenvalue weighted by molar-refractivity contribution is 7.11. The minimum absolute atomic E-state index is 0.0673. The molecule has 0 bridgehead atoms. The van der Waals surface area contributed by atoms with Crippen molar-refractivity contribution in [1.82, 2.24) is 19.7 Å². The number of carbonyl (C=O) groups is 1. The quantitative estimate of drug-likeness (QED) is 0.665. The minimum atomic E-state index is -0.127. The first kappa shape index (κ1) is 19.1. The van der Waals surface area contributed by atoms with E-state index in [2.05, 4.69) is 10.1 Å². The van der Waals surface area contributed by atoms with Crippen molar-refractivity contribution >= 4 is 17.2 Å². The van der Waals surface area contributed by atoms with Gasteiger partial charge in [-0.25, -0.2) is 9.67 Å². The second-order valence-corrected chi connectivity index (χ2v) is 7.83. The van der Waals surface area contributed by atoms with Gasteiger partial charge in [0.25, 0.3) is 5.91 Å². The smallest absolute Gasteiger partial charge is 0.274 e. The highest BCUT2D eigenvalue weighted by atomic mass is 32.1. The molecule has 0 radical (unpaired) electrons. The van der Waals surface area contributed by atoms with Gasteiger partial charge in [0.1, 0.15) is 11.4 Å². The highest BCUT2D eigenvalue weighted by Crippen LogP contribution is 2.29. The molecule has 6 nitrogen and oxygen atoms in total. The molecular weight excluding hydrogens is 360 g/mol. The molecule has 1 atom stereocenters. The molecule has 1 unspecified atom stereocenters. The van der Waals surface area contributed by atoms with E-state index in [1.807, 2.05) is 45.9 Å². The molecule has 0 N–H and O–H groups in total. The number of rotatable bonds is 5. The van der Waals surface area contributed by atoms with Gasteiger partial charge in [0.2, 0.25) is 0 Å². The Morgan fingerprint density at radius 1 is 1.26 bits per heavy atom. The third kappa shape index (κ3) is 3.73. The SMILES string of the molecule is COc1ccc(C)cc1-n1ccc(C(=O)N(C)C(C)c2sc(C)nc2C)n1. The first-order valence-corrected chi connectivity index (χ1v) is 9.55. The molecule has 0 aliphatic carbocycles. The van der Waals surface area contributed by atoms with Crippen LogP contribution in [0.1, 0.15) is 44.6 Å². The molecule has 1 amide bonds. The van der Waals surface area contributed by atoms with Crippen LogP contribution < -0.4 is 4.74 Å². The zero-order valence-electron chi connectivity index (χ0n) is 16.5. The summed E-state index contributed by atoms with van der Waals surface area (Å²) in [5.74, 6) is 0.582. The highest BCUT2D eigenvalue weighted by Gasteiger charge is 2.24. The van der Waals surface area contributed by atoms with E-state index in [9.17, 15) is 4.79 Å². The number of nitrogens with zero attached hydrogens (tertiary/aromatic N) is 4. The van der Waals surface area contributed by atoms with Gasteiger partial charge in [0, 0.05) is 18.1 Å². The lowest BCUT2D eigenvalue weighted by molar-refractivity contribution is 0.0738. The minimum Gasteiger partial charge on any atom is -0.494 e. The Kier molecular flexibility index (Phi) is 5.32. The van der Waals surface area contributed by atoms with Gasteiger partial charge in [-0.1, -0.05) is 6.07 Å². The Hall–Kier alpha value is -2.67. The Bertz CT molecular complexity index is 976. The maximum Gasteiger partial charge on any atom is 0.274 e. The Balaban J connectivity index is 1.87. The van der Waals surface area contributed by atoms with E-state index in [-0.39, 0.29) is 11.9 Å². The summed E-state index contributed by atoms with van der Waals surface area (Å²) in [6.45, 7) is 7.98. The normalized spacial score (nSPS) is 12.1. The van der Waals surface area contributed by atoms with Gasteiger partial charge in [-0.3, -0.25) is 4.79 Å². The molecule has 0 fully saturated rings. The molecule has 0 spiro atoms. The van der Waals surface area contributed by atoms with Crippen LogP contribution in [0.4, 0.5) is 0 Å². The van der Waals surface area contributed by atoms with Crippen LogP contribution in [0.5, 0.6) is 5.75 Å². The number of ether oxygens (including phenoxy) is 1. The third-order valence-electron chi connectivity index (χ3n) is 4.61. The van der Waals surface area contributed by atoms with Gasteiger partial charge in [-0.15, -0.1) is 11.3 Å². The number of aryl methyl sites for hydroxylation is 3. The first-order chi connectivity index (χ1) is 12.8. The largest absolute Gasteiger partial charge is 0.494 e. The summed E-state index contributed by atoms with van der Waals surface area (Å²) in [5.41, 5.74) is 3.27. The predicted molar refractivity (Wildman–Crippen MR) is 107 cm³/mol. The lowest BCUT2D eigenvalue weighted by Crippen LogP contribution is -2.30. The molecule has 0 aliphatic heterocycles. The van der Waals surface area contributed by atoms with Crippen molar-refractivity contribution in [1.29, 1.82) is 0 Å². The van der Waals surface area contributed by atoms with Crippen LogP contribution in [0.15, 0.2) is 30.5 Å². The zero-order chi connectivity index (χ0) is 19.7. The molecule has 0 aliphatic rings. The van der Waals surface area contributed by atoms with Crippen molar-refractivity contribution in [3.8, 4) is 11.4 Å². The van der Waals surface area contributed by atoms with Crippen LogP contribution in [0.3, 0.4) is 0 Å². The fraction of sp³-hybridized carbons (Fsp3) is 0.350. The molecule has 142 valence electrons. The van der Waals surface area contributed by atoms with E-state index in [0.717, 1.165) is 26.8 Å². The number of amides is 1. The molecule has 2 aromatic heterocycles. The van der Waals surface area contributed by atoms with E-state index >= 15 is 0 Å². The Morgan fingerprint density at radius 3 is 2.63 bits per heavy atom.